The first-order valence-corrected chi connectivity index (χ1v) is 9.29. The van der Waals surface area contributed by atoms with Crippen molar-refractivity contribution in [3.63, 3.8) is 0 Å². The SMILES string of the molecule is CC1CCN(Cc2cccc(F)c2F)CC1CNc1ncnc2[nH]ccc12. The number of nitrogens with one attached hydrogen (secondary N) is 2. The number of likely N-dealkylation sites (tertiary alicyclic amines) is 1. The minimum absolute atomic E-state index is 0.402. The van der Waals surface area contributed by atoms with Crippen LogP contribution in [0.15, 0.2) is 36.8 Å². The zero-order chi connectivity index (χ0) is 18.8. The van der Waals surface area contributed by atoms with Crippen LogP contribution < -0.4 is 5.32 Å². The van der Waals surface area contributed by atoms with Gasteiger partial charge >= 0.3 is 0 Å². The predicted molar refractivity (Wildman–Crippen MR) is 101 cm³/mol. The van der Waals surface area contributed by atoms with Gasteiger partial charge in [0.05, 0.1) is 5.39 Å². The van der Waals surface area contributed by atoms with Gasteiger partial charge in [-0.3, -0.25) is 4.90 Å². The maximum absolute atomic E-state index is 14.0. The van der Waals surface area contributed by atoms with E-state index in [9.17, 15) is 8.78 Å². The van der Waals surface area contributed by atoms with Gasteiger partial charge < -0.3 is 10.3 Å². The highest BCUT2D eigenvalue weighted by Gasteiger charge is 2.27. The van der Waals surface area contributed by atoms with Gasteiger partial charge in [-0.2, -0.15) is 0 Å². The molecule has 0 spiro atoms. The van der Waals surface area contributed by atoms with Gasteiger partial charge in [0.25, 0.3) is 0 Å². The van der Waals surface area contributed by atoms with E-state index in [-0.39, 0.29) is 0 Å². The van der Waals surface area contributed by atoms with Crippen LogP contribution in [0, 0.1) is 23.5 Å². The third-order valence-corrected chi connectivity index (χ3v) is 5.51. The largest absolute Gasteiger partial charge is 0.369 e. The zero-order valence-electron chi connectivity index (χ0n) is 15.3. The molecule has 3 heterocycles. The molecule has 2 atom stereocenters. The molecule has 0 aliphatic carbocycles. The summed E-state index contributed by atoms with van der Waals surface area (Å²) in [6.45, 7) is 5.19. The summed E-state index contributed by atoms with van der Waals surface area (Å²) in [5.74, 6) is 0.257. The van der Waals surface area contributed by atoms with Gasteiger partial charge in [-0.05, 0) is 36.9 Å². The lowest BCUT2D eigenvalue weighted by molar-refractivity contribution is 0.127. The number of aromatic amines is 1. The fourth-order valence-corrected chi connectivity index (χ4v) is 3.79. The summed E-state index contributed by atoms with van der Waals surface area (Å²) in [7, 11) is 0. The molecule has 1 fully saturated rings. The van der Waals surface area contributed by atoms with Crippen molar-refractivity contribution in [3.05, 3.63) is 54.0 Å². The summed E-state index contributed by atoms with van der Waals surface area (Å²) in [4.78, 5) is 13.8. The summed E-state index contributed by atoms with van der Waals surface area (Å²) >= 11 is 0. The Bertz CT molecular complexity index is 926. The van der Waals surface area contributed by atoms with Crippen LogP contribution in [-0.2, 0) is 6.54 Å². The number of benzene rings is 1. The topological polar surface area (TPSA) is 56.8 Å². The number of H-pyrrole nitrogens is 1. The normalized spacial score (nSPS) is 20.9. The second-order valence-corrected chi connectivity index (χ2v) is 7.32. The standard InChI is InChI=1S/C20H23F2N5/c1-13-6-8-27(10-14-3-2-4-17(21)18(14)22)11-15(13)9-24-20-16-5-7-23-19(16)25-12-26-20/h2-5,7,12-13,15H,6,8-11H2,1H3,(H2,23,24,25,26). The number of hydrogen-bond acceptors (Lipinski definition) is 4. The first-order valence-electron chi connectivity index (χ1n) is 9.29. The zero-order valence-corrected chi connectivity index (χ0v) is 15.3. The number of piperidine rings is 1. The minimum atomic E-state index is -0.782. The van der Waals surface area contributed by atoms with E-state index in [0.29, 0.717) is 23.9 Å². The van der Waals surface area contributed by atoms with Gasteiger partial charge in [0.15, 0.2) is 11.6 Å². The molecule has 4 rings (SSSR count). The first kappa shape index (κ1) is 17.9. The molecule has 0 saturated carbocycles. The summed E-state index contributed by atoms with van der Waals surface area (Å²) in [6.07, 6.45) is 4.43. The number of nitrogens with zero attached hydrogens (tertiary/aromatic N) is 3. The Morgan fingerprint density at radius 2 is 2.15 bits per heavy atom. The second-order valence-electron chi connectivity index (χ2n) is 7.32. The number of anilines is 1. The molecule has 0 bridgehead atoms. The first-order chi connectivity index (χ1) is 13.1. The van der Waals surface area contributed by atoms with E-state index >= 15 is 0 Å². The van der Waals surface area contributed by atoms with Crippen molar-refractivity contribution in [3.8, 4) is 0 Å². The maximum atomic E-state index is 14.0. The molecule has 1 saturated heterocycles. The van der Waals surface area contributed by atoms with Gasteiger partial charge in [0.2, 0.25) is 0 Å². The second kappa shape index (κ2) is 7.60. The van der Waals surface area contributed by atoms with Gasteiger partial charge in [0.1, 0.15) is 17.8 Å². The average Bonchev–Trinajstić information content (AvgIpc) is 3.15. The molecular formula is C20H23F2N5. The number of hydrogen-bond donors (Lipinski definition) is 2. The van der Waals surface area contributed by atoms with Crippen LogP contribution in [0.4, 0.5) is 14.6 Å². The number of aromatic nitrogens is 3. The van der Waals surface area contributed by atoms with Crippen molar-refractivity contribution in [2.45, 2.75) is 19.9 Å². The molecule has 3 aromatic rings. The number of rotatable bonds is 5. The maximum Gasteiger partial charge on any atom is 0.163 e. The molecular weight excluding hydrogens is 348 g/mol. The monoisotopic (exact) mass is 371 g/mol. The van der Waals surface area contributed by atoms with Gasteiger partial charge in [-0.25, -0.2) is 18.7 Å². The van der Waals surface area contributed by atoms with Gasteiger partial charge in [-0.1, -0.05) is 19.1 Å². The smallest absolute Gasteiger partial charge is 0.163 e. The fraction of sp³-hybridized carbons (Fsp3) is 0.400. The molecule has 1 aliphatic rings. The van der Waals surface area contributed by atoms with Crippen molar-refractivity contribution in [1.29, 1.82) is 0 Å². The fourth-order valence-electron chi connectivity index (χ4n) is 3.79. The lowest BCUT2D eigenvalue weighted by Crippen LogP contribution is -2.42. The Morgan fingerprint density at radius 1 is 1.26 bits per heavy atom. The van der Waals surface area contributed by atoms with Crippen LogP contribution in [-0.4, -0.2) is 39.5 Å². The third-order valence-electron chi connectivity index (χ3n) is 5.51. The Morgan fingerprint density at radius 3 is 3.04 bits per heavy atom. The van der Waals surface area contributed by atoms with Crippen molar-refractivity contribution < 1.29 is 8.78 Å². The predicted octanol–water partition coefficient (Wildman–Crippen LogP) is 3.81. The highest BCUT2D eigenvalue weighted by Crippen LogP contribution is 2.26. The van der Waals surface area contributed by atoms with E-state index in [1.54, 1.807) is 18.5 Å². The number of halogens is 2. The van der Waals surface area contributed by atoms with Gasteiger partial charge in [0, 0.05) is 31.4 Å². The molecule has 27 heavy (non-hydrogen) atoms. The van der Waals surface area contributed by atoms with Crippen LogP contribution in [0.25, 0.3) is 11.0 Å². The van der Waals surface area contributed by atoms with Gasteiger partial charge in [-0.15, -0.1) is 0 Å². The van der Waals surface area contributed by atoms with Crippen LogP contribution in [0.5, 0.6) is 0 Å². The summed E-state index contributed by atoms with van der Waals surface area (Å²) in [5, 5.41) is 4.42. The lowest BCUT2D eigenvalue weighted by Gasteiger charge is -2.37. The lowest BCUT2D eigenvalue weighted by atomic mass is 9.86. The summed E-state index contributed by atoms with van der Waals surface area (Å²) in [5.41, 5.74) is 1.23. The van der Waals surface area contributed by atoms with E-state index in [2.05, 4.69) is 32.1 Å². The molecule has 2 unspecified atom stereocenters. The Kier molecular flexibility index (Phi) is 5.03. The minimum Gasteiger partial charge on any atom is -0.369 e. The Balaban J connectivity index is 1.42. The van der Waals surface area contributed by atoms with E-state index in [4.69, 9.17) is 0 Å². The molecule has 2 N–H and O–H groups in total. The van der Waals surface area contributed by atoms with Crippen LogP contribution in [0.2, 0.25) is 0 Å². The Hall–Kier alpha value is -2.54. The summed E-state index contributed by atoms with van der Waals surface area (Å²) in [6, 6.07) is 6.35. The quantitative estimate of drug-likeness (QED) is 0.716. The molecule has 1 aliphatic heterocycles. The molecule has 5 nitrogen and oxygen atoms in total. The van der Waals surface area contributed by atoms with Crippen molar-refractivity contribution in [1.82, 2.24) is 19.9 Å². The number of fused-ring (bicyclic) bond motifs is 1. The summed E-state index contributed by atoms with van der Waals surface area (Å²) < 4.78 is 27.4. The van der Waals surface area contributed by atoms with Crippen molar-refractivity contribution in [2.24, 2.45) is 11.8 Å². The van der Waals surface area contributed by atoms with Crippen LogP contribution in [0.1, 0.15) is 18.9 Å². The van der Waals surface area contributed by atoms with Crippen molar-refractivity contribution in [2.75, 3.05) is 25.0 Å². The molecule has 142 valence electrons. The van der Waals surface area contributed by atoms with Crippen LogP contribution >= 0.6 is 0 Å². The van der Waals surface area contributed by atoms with E-state index < -0.39 is 11.6 Å². The molecule has 1 aromatic carbocycles. The van der Waals surface area contributed by atoms with Crippen LogP contribution in [0.3, 0.4) is 0 Å². The highest BCUT2D eigenvalue weighted by atomic mass is 19.2. The molecule has 2 aromatic heterocycles. The molecule has 0 amide bonds. The molecule has 0 radical (unpaired) electrons. The Labute approximate surface area is 156 Å². The van der Waals surface area contributed by atoms with Crippen molar-refractivity contribution >= 4 is 16.9 Å². The third kappa shape index (κ3) is 3.78. The van der Waals surface area contributed by atoms with E-state index in [1.165, 1.54) is 0 Å². The average molecular weight is 371 g/mol. The highest BCUT2D eigenvalue weighted by molar-refractivity contribution is 5.86. The molecule has 7 heteroatoms. The van der Waals surface area contributed by atoms with E-state index in [1.807, 2.05) is 12.3 Å². The van der Waals surface area contributed by atoms with E-state index in [0.717, 1.165) is 49.0 Å².